The summed E-state index contributed by atoms with van der Waals surface area (Å²) in [5.74, 6) is 0.157. The van der Waals surface area contributed by atoms with E-state index in [1.54, 1.807) is 18.2 Å². The van der Waals surface area contributed by atoms with E-state index < -0.39 is 18.5 Å². The molecular formula is C15H15N3O5S. The van der Waals surface area contributed by atoms with Crippen molar-refractivity contribution >= 4 is 29.1 Å². The van der Waals surface area contributed by atoms with Gasteiger partial charge in [-0.1, -0.05) is 11.4 Å². The summed E-state index contributed by atoms with van der Waals surface area (Å²) in [4.78, 5) is 24.2. The number of fused-ring (bicyclic) bond motifs is 1. The predicted molar refractivity (Wildman–Crippen MR) is 85.6 cm³/mol. The Hall–Kier alpha value is -2.68. The Morgan fingerprint density at radius 2 is 2.08 bits per heavy atom. The van der Waals surface area contributed by atoms with Crippen LogP contribution < -0.4 is 14.8 Å². The van der Waals surface area contributed by atoms with E-state index in [2.05, 4.69) is 14.9 Å². The average Bonchev–Trinajstić information content (AvgIpc) is 3.08. The standard InChI is InChI=1S/C15H15N3O5S/c1-2-10-14(24-18-17-10)15(20)23-8-13(19)16-9-3-4-11-12(7-9)22-6-5-21-11/h3-4,7H,2,5-6,8H2,1H3,(H,16,19). The summed E-state index contributed by atoms with van der Waals surface area (Å²) in [6, 6.07) is 5.07. The second kappa shape index (κ2) is 7.26. The molecule has 0 spiro atoms. The maximum Gasteiger partial charge on any atom is 0.352 e. The topological polar surface area (TPSA) is 99.6 Å². The van der Waals surface area contributed by atoms with E-state index in [0.29, 0.717) is 47.4 Å². The highest BCUT2D eigenvalue weighted by molar-refractivity contribution is 7.07. The number of aromatic nitrogens is 2. The second-order valence-corrected chi connectivity index (χ2v) is 5.64. The van der Waals surface area contributed by atoms with Crippen LogP contribution in [0.15, 0.2) is 18.2 Å². The zero-order valence-electron chi connectivity index (χ0n) is 12.9. The zero-order chi connectivity index (χ0) is 16.9. The molecule has 3 rings (SSSR count). The molecule has 1 aromatic heterocycles. The minimum Gasteiger partial charge on any atom is -0.486 e. The lowest BCUT2D eigenvalue weighted by atomic mass is 10.2. The SMILES string of the molecule is CCc1nnsc1C(=O)OCC(=O)Nc1ccc2c(c1)OCCO2. The Balaban J connectivity index is 1.55. The van der Waals surface area contributed by atoms with E-state index in [4.69, 9.17) is 14.2 Å². The molecule has 0 atom stereocenters. The van der Waals surface area contributed by atoms with Crippen molar-refractivity contribution in [2.24, 2.45) is 0 Å². The minimum atomic E-state index is -0.598. The molecule has 8 nitrogen and oxygen atoms in total. The number of benzene rings is 1. The Morgan fingerprint density at radius 3 is 2.88 bits per heavy atom. The van der Waals surface area contributed by atoms with Crippen LogP contribution in [0.4, 0.5) is 5.69 Å². The van der Waals surface area contributed by atoms with Crippen LogP contribution in [0, 0.1) is 0 Å². The van der Waals surface area contributed by atoms with Gasteiger partial charge in [0.05, 0.1) is 5.69 Å². The maximum absolute atomic E-state index is 11.9. The molecule has 24 heavy (non-hydrogen) atoms. The third kappa shape index (κ3) is 3.62. The molecule has 0 fully saturated rings. The van der Waals surface area contributed by atoms with Crippen LogP contribution >= 0.6 is 11.5 Å². The van der Waals surface area contributed by atoms with Crippen LogP contribution in [0.3, 0.4) is 0 Å². The molecule has 0 radical (unpaired) electrons. The van der Waals surface area contributed by atoms with Crippen molar-refractivity contribution in [2.45, 2.75) is 13.3 Å². The summed E-state index contributed by atoms with van der Waals surface area (Å²) in [5, 5.41) is 6.47. The molecule has 126 valence electrons. The van der Waals surface area contributed by atoms with E-state index in [-0.39, 0.29) is 0 Å². The minimum absolute atomic E-state index is 0.324. The largest absolute Gasteiger partial charge is 0.486 e. The molecule has 9 heteroatoms. The summed E-state index contributed by atoms with van der Waals surface area (Å²) < 4.78 is 19.6. The number of hydrogen-bond donors (Lipinski definition) is 1. The van der Waals surface area contributed by atoms with Gasteiger partial charge in [-0.3, -0.25) is 4.79 Å². The lowest BCUT2D eigenvalue weighted by Crippen LogP contribution is -2.21. The number of hydrogen-bond acceptors (Lipinski definition) is 8. The fraction of sp³-hybridized carbons (Fsp3) is 0.333. The van der Waals surface area contributed by atoms with Crippen LogP contribution in [-0.4, -0.2) is 41.3 Å². The van der Waals surface area contributed by atoms with Crippen LogP contribution in [0.1, 0.15) is 22.3 Å². The highest BCUT2D eigenvalue weighted by atomic mass is 32.1. The predicted octanol–water partition coefficient (Wildman–Crippen LogP) is 1.67. The van der Waals surface area contributed by atoms with Gasteiger partial charge < -0.3 is 19.5 Å². The molecule has 1 aliphatic rings. The summed E-state index contributed by atoms with van der Waals surface area (Å²) >= 11 is 0.956. The van der Waals surface area contributed by atoms with E-state index in [0.717, 1.165) is 11.5 Å². The molecule has 1 amide bonds. The Morgan fingerprint density at radius 1 is 1.29 bits per heavy atom. The Labute approximate surface area is 141 Å². The Kier molecular flexibility index (Phi) is 4.90. The van der Waals surface area contributed by atoms with E-state index >= 15 is 0 Å². The highest BCUT2D eigenvalue weighted by Crippen LogP contribution is 2.32. The van der Waals surface area contributed by atoms with Crippen LogP contribution in [-0.2, 0) is 16.0 Å². The highest BCUT2D eigenvalue weighted by Gasteiger charge is 2.18. The van der Waals surface area contributed by atoms with Gasteiger partial charge in [0, 0.05) is 11.8 Å². The molecule has 0 aliphatic carbocycles. The Bertz CT molecular complexity index is 761. The molecule has 1 aromatic carbocycles. The monoisotopic (exact) mass is 349 g/mol. The van der Waals surface area contributed by atoms with E-state index in [1.165, 1.54) is 0 Å². The molecule has 0 saturated carbocycles. The summed E-state index contributed by atoms with van der Waals surface area (Å²) in [5.41, 5.74) is 1.10. The molecule has 1 N–H and O–H groups in total. The van der Waals surface area contributed by atoms with Gasteiger partial charge in [-0.25, -0.2) is 4.79 Å². The number of anilines is 1. The quantitative estimate of drug-likeness (QED) is 0.820. The first-order chi connectivity index (χ1) is 11.7. The zero-order valence-corrected chi connectivity index (χ0v) is 13.7. The van der Waals surface area contributed by atoms with Gasteiger partial charge >= 0.3 is 5.97 Å². The van der Waals surface area contributed by atoms with Gasteiger partial charge in [-0.2, -0.15) is 0 Å². The summed E-state index contributed by atoms with van der Waals surface area (Å²) in [6.45, 7) is 2.43. The van der Waals surface area contributed by atoms with Crippen molar-refractivity contribution in [1.82, 2.24) is 9.59 Å². The number of esters is 1. The van der Waals surface area contributed by atoms with Crippen molar-refractivity contribution in [2.75, 3.05) is 25.1 Å². The average molecular weight is 349 g/mol. The van der Waals surface area contributed by atoms with E-state index in [9.17, 15) is 9.59 Å². The van der Waals surface area contributed by atoms with Gasteiger partial charge in [0.2, 0.25) is 0 Å². The molecular weight excluding hydrogens is 334 g/mol. The number of nitrogens with one attached hydrogen (secondary N) is 1. The molecule has 0 unspecified atom stereocenters. The van der Waals surface area contributed by atoms with Crippen molar-refractivity contribution in [3.8, 4) is 11.5 Å². The van der Waals surface area contributed by atoms with Crippen LogP contribution in [0.2, 0.25) is 0 Å². The van der Waals surface area contributed by atoms with Gasteiger partial charge in [-0.05, 0) is 30.1 Å². The number of amides is 1. The number of carbonyl (C=O) groups excluding carboxylic acids is 2. The first kappa shape index (κ1) is 16.2. The number of rotatable bonds is 5. The van der Waals surface area contributed by atoms with E-state index in [1.807, 2.05) is 6.92 Å². The summed E-state index contributed by atoms with van der Waals surface area (Å²) in [6.07, 6.45) is 0.574. The van der Waals surface area contributed by atoms with Crippen molar-refractivity contribution in [3.05, 3.63) is 28.8 Å². The lowest BCUT2D eigenvalue weighted by molar-refractivity contribution is -0.119. The fourth-order valence-corrected chi connectivity index (χ4v) is 2.75. The second-order valence-electron chi connectivity index (χ2n) is 4.89. The van der Waals surface area contributed by atoms with Crippen molar-refractivity contribution < 1.29 is 23.8 Å². The third-order valence-electron chi connectivity index (χ3n) is 3.24. The van der Waals surface area contributed by atoms with Gasteiger partial charge in [0.25, 0.3) is 5.91 Å². The molecule has 0 saturated heterocycles. The third-order valence-corrected chi connectivity index (χ3v) is 3.98. The smallest absolute Gasteiger partial charge is 0.352 e. The number of carbonyl (C=O) groups is 2. The van der Waals surface area contributed by atoms with Crippen LogP contribution in [0.25, 0.3) is 0 Å². The molecule has 2 heterocycles. The fourth-order valence-electron chi connectivity index (χ4n) is 2.11. The van der Waals surface area contributed by atoms with Crippen molar-refractivity contribution in [3.63, 3.8) is 0 Å². The van der Waals surface area contributed by atoms with Gasteiger partial charge in [0.1, 0.15) is 13.2 Å². The summed E-state index contributed by atoms with van der Waals surface area (Å²) in [7, 11) is 0. The van der Waals surface area contributed by atoms with Gasteiger partial charge in [-0.15, -0.1) is 5.10 Å². The van der Waals surface area contributed by atoms with Crippen molar-refractivity contribution in [1.29, 1.82) is 0 Å². The normalized spacial score (nSPS) is 12.5. The number of nitrogens with zero attached hydrogens (tertiary/aromatic N) is 2. The molecule has 0 bridgehead atoms. The number of aryl methyl sites for hydroxylation is 1. The van der Waals surface area contributed by atoms with Gasteiger partial charge in [0.15, 0.2) is 23.0 Å². The first-order valence-corrected chi connectivity index (χ1v) is 8.12. The molecule has 1 aliphatic heterocycles. The lowest BCUT2D eigenvalue weighted by Gasteiger charge is -2.18. The maximum atomic E-state index is 11.9. The number of ether oxygens (including phenoxy) is 3. The molecule has 2 aromatic rings. The first-order valence-electron chi connectivity index (χ1n) is 7.35. The van der Waals surface area contributed by atoms with Crippen LogP contribution in [0.5, 0.6) is 11.5 Å².